The molecule has 0 fully saturated rings. The van der Waals surface area contributed by atoms with Gasteiger partial charge in [-0.2, -0.15) is 0 Å². The maximum atomic E-state index is 13.2. The van der Waals surface area contributed by atoms with E-state index >= 15 is 0 Å². The summed E-state index contributed by atoms with van der Waals surface area (Å²) in [6.45, 7) is 3.35. The van der Waals surface area contributed by atoms with Crippen LogP contribution in [0.15, 0.2) is 18.2 Å². The van der Waals surface area contributed by atoms with Crippen molar-refractivity contribution in [3.8, 4) is 0 Å². The van der Waals surface area contributed by atoms with Gasteiger partial charge in [-0.25, -0.2) is 9.18 Å². The number of rotatable bonds is 4. The Hall–Kier alpha value is -1.95. The zero-order valence-electron chi connectivity index (χ0n) is 10.2. The Balaban J connectivity index is 2.69. The van der Waals surface area contributed by atoms with Crippen molar-refractivity contribution >= 4 is 17.6 Å². The maximum absolute atomic E-state index is 13.2. The van der Waals surface area contributed by atoms with E-state index in [0.29, 0.717) is 5.56 Å². The highest BCUT2D eigenvalue weighted by atomic mass is 19.1. The molecule has 1 atom stereocenters. The van der Waals surface area contributed by atoms with Gasteiger partial charge in [0.2, 0.25) is 0 Å². The highest BCUT2D eigenvalue weighted by Crippen LogP contribution is 2.13. The van der Waals surface area contributed by atoms with E-state index in [1.54, 1.807) is 13.8 Å². The number of carbonyl (C=O) groups is 2. The molecule has 98 valence electrons. The molecule has 0 aliphatic heterocycles. The Morgan fingerprint density at radius 2 is 2.17 bits per heavy atom. The number of hydrogen-bond acceptors (Lipinski definition) is 4. The molecule has 0 heterocycles. The van der Waals surface area contributed by atoms with Crippen LogP contribution in [0.3, 0.4) is 0 Å². The molecule has 0 radical (unpaired) electrons. The molecule has 1 aromatic carbocycles. The molecule has 0 saturated carbocycles. The van der Waals surface area contributed by atoms with Crippen LogP contribution < -0.4 is 11.1 Å². The van der Waals surface area contributed by atoms with Crippen LogP contribution in [-0.2, 0) is 14.3 Å². The lowest BCUT2D eigenvalue weighted by atomic mass is 10.2. The van der Waals surface area contributed by atoms with Crippen molar-refractivity contribution in [1.82, 2.24) is 0 Å². The fraction of sp³-hybridized carbons (Fsp3) is 0.333. The lowest BCUT2D eigenvalue weighted by Gasteiger charge is -2.11. The van der Waals surface area contributed by atoms with Gasteiger partial charge in [0.1, 0.15) is 5.82 Å². The van der Waals surface area contributed by atoms with E-state index in [2.05, 4.69) is 10.1 Å². The predicted molar refractivity (Wildman–Crippen MR) is 64.4 cm³/mol. The third-order valence-corrected chi connectivity index (χ3v) is 2.26. The second-order valence-corrected chi connectivity index (χ2v) is 3.68. The number of anilines is 1. The van der Waals surface area contributed by atoms with Crippen molar-refractivity contribution in [3.05, 3.63) is 29.6 Å². The van der Waals surface area contributed by atoms with Crippen molar-refractivity contribution in [2.45, 2.75) is 19.9 Å². The van der Waals surface area contributed by atoms with E-state index in [1.165, 1.54) is 12.1 Å². The molecule has 3 N–H and O–H groups in total. The number of amides is 1. The van der Waals surface area contributed by atoms with Crippen molar-refractivity contribution < 1.29 is 18.7 Å². The second-order valence-electron chi connectivity index (χ2n) is 3.68. The first-order chi connectivity index (χ1) is 8.45. The van der Waals surface area contributed by atoms with Crippen LogP contribution in [-0.4, -0.2) is 24.5 Å². The van der Waals surface area contributed by atoms with Crippen LogP contribution in [0.2, 0.25) is 0 Å². The lowest BCUT2D eigenvalue weighted by molar-refractivity contribution is -0.146. The number of benzene rings is 1. The van der Waals surface area contributed by atoms with Crippen LogP contribution >= 0.6 is 0 Å². The number of ether oxygens (including phenoxy) is 1. The van der Waals surface area contributed by atoms with Gasteiger partial charge in [0.25, 0.3) is 5.91 Å². The molecule has 1 aromatic rings. The van der Waals surface area contributed by atoms with Crippen molar-refractivity contribution in [2.24, 2.45) is 5.73 Å². The average Bonchev–Trinajstić information content (AvgIpc) is 2.33. The summed E-state index contributed by atoms with van der Waals surface area (Å²) in [6, 6.07) is 2.77. The fourth-order valence-corrected chi connectivity index (χ4v) is 1.23. The zero-order valence-corrected chi connectivity index (χ0v) is 10.2. The average molecular weight is 254 g/mol. The first-order valence-electron chi connectivity index (χ1n) is 5.45. The van der Waals surface area contributed by atoms with Crippen molar-refractivity contribution in [2.75, 3.05) is 11.9 Å². The van der Waals surface area contributed by atoms with Crippen LogP contribution in [0.4, 0.5) is 10.1 Å². The SMILES string of the molecule is CCOC(=O)C(N)C(=O)Nc1ccc(C)c(F)c1. The largest absolute Gasteiger partial charge is 0.464 e. The fourth-order valence-electron chi connectivity index (χ4n) is 1.23. The molecule has 0 aromatic heterocycles. The van der Waals surface area contributed by atoms with Crippen LogP contribution in [0.25, 0.3) is 0 Å². The van der Waals surface area contributed by atoms with E-state index < -0.39 is 23.7 Å². The van der Waals surface area contributed by atoms with Crippen LogP contribution in [0, 0.1) is 12.7 Å². The van der Waals surface area contributed by atoms with Gasteiger partial charge in [0.15, 0.2) is 6.04 Å². The Bertz CT molecular complexity index is 463. The quantitative estimate of drug-likeness (QED) is 0.619. The molecule has 1 unspecified atom stereocenters. The van der Waals surface area contributed by atoms with Gasteiger partial charge in [-0.1, -0.05) is 6.07 Å². The van der Waals surface area contributed by atoms with Gasteiger partial charge >= 0.3 is 5.97 Å². The monoisotopic (exact) mass is 254 g/mol. The lowest BCUT2D eigenvalue weighted by Crippen LogP contribution is -2.43. The third kappa shape index (κ3) is 3.53. The Kier molecular flexibility index (Phi) is 4.79. The standard InChI is InChI=1S/C12H15FN2O3/c1-3-18-12(17)10(14)11(16)15-8-5-4-7(2)9(13)6-8/h4-6,10H,3,14H2,1-2H3,(H,15,16). The zero-order chi connectivity index (χ0) is 13.7. The number of nitrogens with two attached hydrogens (primary N) is 1. The van der Waals surface area contributed by atoms with Crippen LogP contribution in [0.1, 0.15) is 12.5 Å². The Morgan fingerprint density at radius 3 is 2.72 bits per heavy atom. The number of halogens is 1. The minimum atomic E-state index is -1.42. The first kappa shape index (κ1) is 14.1. The summed E-state index contributed by atoms with van der Waals surface area (Å²) in [7, 11) is 0. The molecule has 0 spiro atoms. The van der Waals surface area contributed by atoms with Crippen molar-refractivity contribution in [3.63, 3.8) is 0 Å². The predicted octanol–water partition coefficient (Wildman–Crippen LogP) is 0.963. The summed E-state index contributed by atoms with van der Waals surface area (Å²) in [5.74, 6) is -2.00. The molecule has 1 amide bonds. The minimum Gasteiger partial charge on any atom is -0.464 e. The normalized spacial score (nSPS) is 11.8. The summed E-state index contributed by atoms with van der Waals surface area (Å²) < 4.78 is 17.8. The second kappa shape index (κ2) is 6.11. The minimum absolute atomic E-state index is 0.138. The topological polar surface area (TPSA) is 81.4 Å². The Morgan fingerprint density at radius 1 is 1.50 bits per heavy atom. The van der Waals surface area contributed by atoms with E-state index in [-0.39, 0.29) is 12.3 Å². The summed E-state index contributed by atoms with van der Waals surface area (Å²) in [5, 5.41) is 2.34. The van der Waals surface area contributed by atoms with Crippen LogP contribution in [0.5, 0.6) is 0 Å². The molecule has 0 aliphatic carbocycles. The highest BCUT2D eigenvalue weighted by Gasteiger charge is 2.23. The number of hydrogen-bond donors (Lipinski definition) is 2. The molecule has 6 heteroatoms. The maximum Gasteiger partial charge on any atom is 0.332 e. The molecule has 0 saturated heterocycles. The van der Waals surface area contributed by atoms with E-state index in [1.807, 2.05) is 0 Å². The van der Waals surface area contributed by atoms with Gasteiger partial charge in [-0.05, 0) is 31.5 Å². The molecular formula is C12H15FN2O3. The first-order valence-corrected chi connectivity index (χ1v) is 5.45. The smallest absolute Gasteiger partial charge is 0.332 e. The number of aryl methyl sites for hydroxylation is 1. The molecule has 1 rings (SSSR count). The number of carbonyl (C=O) groups excluding carboxylic acids is 2. The summed E-state index contributed by atoms with van der Waals surface area (Å²) in [6.07, 6.45) is 0. The summed E-state index contributed by atoms with van der Waals surface area (Å²) >= 11 is 0. The molecule has 5 nitrogen and oxygen atoms in total. The van der Waals surface area contributed by atoms with E-state index in [0.717, 1.165) is 6.07 Å². The molecule has 0 bridgehead atoms. The van der Waals surface area contributed by atoms with Gasteiger partial charge in [0.05, 0.1) is 6.61 Å². The third-order valence-electron chi connectivity index (χ3n) is 2.26. The van der Waals surface area contributed by atoms with Gasteiger partial charge in [-0.3, -0.25) is 4.79 Å². The van der Waals surface area contributed by atoms with E-state index in [9.17, 15) is 14.0 Å². The highest BCUT2D eigenvalue weighted by molar-refractivity contribution is 6.08. The number of nitrogens with one attached hydrogen (secondary N) is 1. The summed E-state index contributed by atoms with van der Waals surface area (Å²) in [5.41, 5.74) is 6.08. The Labute approximate surface area is 104 Å². The summed E-state index contributed by atoms with van der Waals surface area (Å²) in [4.78, 5) is 22.8. The molecule has 18 heavy (non-hydrogen) atoms. The van der Waals surface area contributed by atoms with Crippen molar-refractivity contribution in [1.29, 1.82) is 0 Å². The van der Waals surface area contributed by atoms with Gasteiger partial charge in [0, 0.05) is 5.69 Å². The molecular weight excluding hydrogens is 239 g/mol. The van der Waals surface area contributed by atoms with Gasteiger partial charge < -0.3 is 15.8 Å². The number of esters is 1. The van der Waals surface area contributed by atoms with Gasteiger partial charge in [-0.15, -0.1) is 0 Å². The van der Waals surface area contributed by atoms with E-state index in [4.69, 9.17) is 5.73 Å². The molecule has 0 aliphatic rings.